The maximum Gasteiger partial charge on any atom is 0.343 e. The van der Waals surface area contributed by atoms with Gasteiger partial charge in [0.1, 0.15) is 0 Å². The van der Waals surface area contributed by atoms with Gasteiger partial charge in [-0.1, -0.05) is 12.1 Å². The summed E-state index contributed by atoms with van der Waals surface area (Å²) >= 11 is 1.17. The lowest BCUT2D eigenvalue weighted by Crippen LogP contribution is -2.23. The van der Waals surface area contributed by atoms with E-state index in [2.05, 4.69) is 9.73 Å². The second kappa shape index (κ2) is 10.0. The summed E-state index contributed by atoms with van der Waals surface area (Å²) in [4.78, 5) is 41.4. The molecule has 1 N–H and O–H groups in total. The number of ether oxygens (including phenoxy) is 3. The topological polar surface area (TPSA) is 115 Å². The summed E-state index contributed by atoms with van der Waals surface area (Å²) in [5, 5.41) is 9.56. The molecule has 0 aromatic heterocycles. The van der Waals surface area contributed by atoms with E-state index in [4.69, 9.17) is 14.6 Å². The van der Waals surface area contributed by atoms with Crippen molar-refractivity contribution in [3.63, 3.8) is 0 Å². The number of carboxylic acids is 1. The summed E-state index contributed by atoms with van der Waals surface area (Å²) in [6.45, 7) is -0.255. The lowest BCUT2D eigenvalue weighted by Gasteiger charge is -2.10. The molecule has 1 heterocycles. The van der Waals surface area contributed by atoms with Gasteiger partial charge in [0, 0.05) is 7.05 Å². The summed E-state index contributed by atoms with van der Waals surface area (Å²) < 4.78 is 15.3. The van der Waals surface area contributed by atoms with Gasteiger partial charge in [-0.15, -0.1) is 0 Å². The summed E-state index contributed by atoms with van der Waals surface area (Å²) in [5.41, 5.74) is 1.23. The lowest BCUT2D eigenvalue weighted by atomic mass is 10.2. The molecule has 9 nitrogen and oxygen atoms in total. The number of benzene rings is 2. The van der Waals surface area contributed by atoms with Crippen LogP contribution < -0.4 is 9.47 Å². The molecule has 1 amide bonds. The molecule has 166 valence electrons. The van der Waals surface area contributed by atoms with E-state index in [-0.39, 0.29) is 18.1 Å². The highest BCUT2D eigenvalue weighted by Gasteiger charge is 2.30. The normalized spacial score (nSPS) is 15.8. The van der Waals surface area contributed by atoms with Crippen molar-refractivity contribution < 1.29 is 33.7 Å². The minimum absolute atomic E-state index is 0.112. The zero-order valence-corrected chi connectivity index (χ0v) is 18.3. The Labute approximate surface area is 188 Å². The number of hydrogen-bond donors (Lipinski definition) is 1. The summed E-state index contributed by atoms with van der Waals surface area (Å²) in [6, 6.07) is 11.2. The van der Waals surface area contributed by atoms with Crippen LogP contribution in [0.4, 0.5) is 5.69 Å². The molecule has 32 heavy (non-hydrogen) atoms. The van der Waals surface area contributed by atoms with Gasteiger partial charge in [0.05, 0.1) is 30.4 Å². The lowest BCUT2D eigenvalue weighted by molar-refractivity contribution is -0.142. The van der Waals surface area contributed by atoms with E-state index in [1.54, 1.807) is 43.5 Å². The number of rotatable bonds is 7. The van der Waals surface area contributed by atoms with Crippen molar-refractivity contribution in [3.05, 3.63) is 58.5 Å². The van der Waals surface area contributed by atoms with Crippen molar-refractivity contribution in [2.45, 2.75) is 0 Å². The molecule has 0 spiro atoms. The van der Waals surface area contributed by atoms with Gasteiger partial charge in [-0.05, 0) is 53.7 Å². The molecule has 1 saturated heterocycles. The monoisotopic (exact) mass is 456 g/mol. The SMILES string of the molecule is COC(=O)COc1ccc(C=C2SC(=Nc3cccc(C(=O)O)c3)N(C)C2=O)cc1OC. The number of carbonyl (C=O) groups excluding carboxylic acids is 2. The molecule has 1 aliphatic rings. The summed E-state index contributed by atoms with van der Waals surface area (Å²) in [7, 11) is 4.34. The quantitative estimate of drug-likeness (QED) is 0.499. The van der Waals surface area contributed by atoms with Gasteiger partial charge < -0.3 is 19.3 Å². The van der Waals surface area contributed by atoms with Gasteiger partial charge >= 0.3 is 11.9 Å². The molecule has 10 heteroatoms. The number of esters is 1. The number of nitrogens with zero attached hydrogens (tertiary/aromatic N) is 2. The van der Waals surface area contributed by atoms with E-state index in [0.717, 1.165) is 0 Å². The predicted octanol–water partition coefficient (Wildman–Crippen LogP) is 3.18. The first-order chi connectivity index (χ1) is 15.3. The third-order valence-electron chi connectivity index (χ3n) is 4.38. The molecular weight excluding hydrogens is 436 g/mol. The number of methoxy groups -OCH3 is 2. The van der Waals surface area contributed by atoms with Crippen LogP contribution in [0.1, 0.15) is 15.9 Å². The fraction of sp³-hybridized carbons (Fsp3) is 0.182. The number of aromatic carboxylic acids is 1. The van der Waals surface area contributed by atoms with E-state index >= 15 is 0 Å². The molecule has 2 aromatic carbocycles. The number of likely N-dealkylation sites (N-methyl/N-ethyl adjacent to an activating group) is 1. The van der Waals surface area contributed by atoms with Gasteiger partial charge in [0.2, 0.25) is 0 Å². The van der Waals surface area contributed by atoms with Crippen molar-refractivity contribution in [1.29, 1.82) is 0 Å². The molecular formula is C22H20N2O7S. The van der Waals surface area contributed by atoms with E-state index in [1.807, 2.05) is 0 Å². The first kappa shape index (κ1) is 22.9. The zero-order valence-electron chi connectivity index (χ0n) is 17.5. The Bertz CT molecular complexity index is 1130. The van der Waals surface area contributed by atoms with E-state index in [9.17, 15) is 14.4 Å². The third-order valence-corrected chi connectivity index (χ3v) is 5.44. The van der Waals surface area contributed by atoms with Crippen LogP contribution in [0.3, 0.4) is 0 Å². The number of hydrogen-bond acceptors (Lipinski definition) is 8. The Morgan fingerprint density at radius 3 is 2.62 bits per heavy atom. The van der Waals surface area contributed by atoms with Gasteiger partial charge in [-0.3, -0.25) is 9.69 Å². The van der Waals surface area contributed by atoms with Crippen LogP contribution in [0.25, 0.3) is 6.08 Å². The van der Waals surface area contributed by atoms with Crippen molar-refractivity contribution in [2.75, 3.05) is 27.9 Å². The van der Waals surface area contributed by atoms with Crippen molar-refractivity contribution in [3.8, 4) is 11.5 Å². The standard InChI is InChI=1S/C22H20N2O7S/c1-24-20(26)18(32-22(24)23-15-6-4-5-14(11-15)21(27)28)10-13-7-8-16(17(9-13)29-2)31-12-19(25)30-3/h4-11H,12H2,1-3H3,(H,27,28). The minimum atomic E-state index is -1.05. The predicted molar refractivity (Wildman–Crippen MR) is 119 cm³/mol. The molecule has 0 atom stereocenters. The number of carboxylic acid groups (broad SMARTS) is 1. The minimum Gasteiger partial charge on any atom is -0.493 e. The molecule has 2 aromatic rings. The van der Waals surface area contributed by atoms with Crippen LogP contribution in [0.15, 0.2) is 52.4 Å². The highest BCUT2D eigenvalue weighted by atomic mass is 32.2. The number of carbonyl (C=O) groups is 3. The summed E-state index contributed by atoms with van der Waals surface area (Å²) in [6.07, 6.45) is 1.69. The molecule has 1 aliphatic heterocycles. The Hall–Kier alpha value is -3.79. The maximum absolute atomic E-state index is 12.7. The van der Waals surface area contributed by atoms with E-state index in [1.165, 1.54) is 43.0 Å². The molecule has 0 saturated carbocycles. The maximum atomic E-state index is 12.7. The van der Waals surface area contributed by atoms with Gasteiger partial charge in [-0.25, -0.2) is 14.6 Å². The number of aliphatic imine (C=N–C) groups is 1. The number of thioether (sulfide) groups is 1. The Morgan fingerprint density at radius 1 is 1.16 bits per heavy atom. The average molecular weight is 456 g/mol. The molecule has 0 unspecified atom stereocenters. The van der Waals surface area contributed by atoms with Crippen molar-refractivity contribution in [1.82, 2.24) is 4.90 Å². The molecule has 0 radical (unpaired) electrons. The largest absolute Gasteiger partial charge is 0.493 e. The fourth-order valence-corrected chi connectivity index (χ4v) is 3.70. The van der Waals surface area contributed by atoms with Crippen LogP contribution in [0.2, 0.25) is 0 Å². The number of amidine groups is 1. The van der Waals surface area contributed by atoms with Crippen LogP contribution >= 0.6 is 11.8 Å². The van der Waals surface area contributed by atoms with Crippen LogP contribution in [0, 0.1) is 0 Å². The van der Waals surface area contributed by atoms with Crippen molar-refractivity contribution in [2.24, 2.45) is 4.99 Å². The Kier molecular flexibility index (Phi) is 7.16. The van der Waals surface area contributed by atoms with Gasteiger partial charge in [0.15, 0.2) is 23.3 Å². The van der Waals surface area contributed by atoms with Gasteiger partial charge in [0.25, 0.3) is 5.91 Å². The second-order valence-corrected chi connectivity index (χ2v) is 7.51. The zero-order chi connectivity index (χ0) is 23.3. The van der Waals surface area contributed by atoms with Crippen LogP contribution in [-0.2, 0) is 14.3 Å². The van der Waals surface area contributed by atoms with Crippen molar-refractivity contribution >= 4 is 46.5 Å². The molecule has 1 fully saturated rings. The first-order valence-electron chi connectivity index (χ1n) is 9.29. The third kappa shape index (κ3) is 5.27. The van der Waals surface area contributed by atoms with E-state index in [0.29, 0.717) is 32.8 Å². The average Bonchev–Trinajstić information content (AvgIpc) is 3.05. The number of amides is 1. The molecule has 0 bridgehead atoms. The second-order valence-electron chi connectivity index (χ2n) is 6.50. The van der Waals surface area contributed by atoms with Crippen LogP contribution in [-0.4, -0.2) is 60.9 Å². The highest BCUT2D eigenvalue weighted by Crippen LogP contribution is 2.35. The Balaban J connectivity index is 1.83. The molecule has 3 rings (SSSR count). The smallest absolute Gasteiger partial charge is 0.343 e. The van der Waals surface area contributed by atoms with Crippen LogP contribution in [0.5, 0.6) is 11.5 Å². The first-order valence-corrected chi connectivity index (χ1v) is 10.1. The Morgan fingerprint density at radius 2 is 1.94 bits per heavy atom. The van der Waals surface area contributed by atoms with E-state index < -0.39 is 11.9 Å². The molecule has 0 aliphatic carbocycles. The summed E-state index contributed by atoms with van der Waals surface area (Å²) in [5.74, 6) is -1.05. The highest BCUT2D eigenvalue weighted by molar-refractivity contribution is 8.18. The fourth-order valence-electron chi connectivity index (χ4n) is 2.71. The van der Waals surface area contributed by atoms with Gasteiger partial charge in [-0.2, -0.15) is 0 Å².